The molecule has 0 spiro atoms. The third kappa shape index (κ3) is 4.23. The van der Waals surface area contributed by atoms with Crippen LogP contribution in [0.25, 0.3) is 11.0 Å². The summed E-state index contributed by atoms with van der Waals surface area (Å²) in [5.74, 6) is -0.200. The first-order valence-electron chi connectivity index (χ1n) is 9.78. The molecule has 1 atom stereocenters. The molecule has 1 aliphatic rings. The van der Waals surface area contributed by atoms with Gasteiger partial charge in [-0.15, -0.1) is 0 Å². The molecule has 0 saturated carbocycles. The van der Waals surface area contributed by atoms with Crippen LogP contribution in [-0.2, 0) is 29.0 Å². The summed E-state index contributed by atoms with van der Waals surface area (Å²) in [7, 11) is 1.71. The fraction of sp³-hybridized carbons (Fsp3) is 0.318. The summed E-state index contributed by atoms with van der Waals surface area (Å²) in [4.78, 5) is 33.1. The molecule has 7 heteroatoms. The number of imidazole rings is 1. The van der Waals surface area contributed by atoms with E-state index >= 15 is 0 Å². The second-order valence-electron chi connectivity index (χ2n) is 7.53. The average Bonchev–Trinajstić information content (AvgIpc) is 3.06. The van der Waals surface area contributed by atoms with E-state index in [4.69, 9.17) is 5.11 Å². The molecule has 1 unspecified atom stereocenters. The summed E-state index contributed by atoms with van der Waals surface area (Å²) in [6, 6.07) is 13.4. The first-order chi connectivity index (χ1) is 14.0. The van der Waals surface area contributed by atoms with Crippen LogP contribution in [0.15, 0.2) is 42.5 Å². The highest BCUT2D eigenvalue weighted by molar-refractivity contribution is 5.90. The zero-order valence-corrected chi connectivity index (χ0v) is 16.3. The van der Waals surface area contributed by atoms with Crippen LogP contribution in [0.5, 0.6) is 0 Å². The Morgan fingerprint density at radius 3 is 2.86 bits per heavy atom. The van der Waals surface area contributed by atoms with Crippen LogP contribution < -0.4 is 5.32 Å². The summed E-state index contributed by atoms with van der Waals surface area (Å²) in [6.45, 7) is 0.467. The SMILES string of the molecule is CN1Cc2cc(CCCc3nc4ccccc4[nH]3)ccc2NC(CC(=O)O)C1=O. The lowest BCUT2D eigenvalue weighted by atomic mass is 10.0. The third-order valence-electron chi connectivity index (χ3n) is 5.28. The number of aromatic nitrogens is 2. The molecule has 29 heavy (non-hydrogen) atoms. The molecule has 150 valence electrons. The molecule has 7 nitrogen and oxygen atoms in total. The molecule has 1 aromatic heterocycles. The Balaban J connectivity index is 1.43. The van der Waals surface area contributed by atoms with Crippen LogP contribution in [0.2, 0.25) is 0 Å². The van der Waals surface area contributed by atoms with Crippen LogP contribution in [0, 0.1) is 0 Å². The maximum atomic E-state index is 12.4. The minimum Gasteiger partial charge on any atom is -0.481 e. The number of carboxylic acid groups (broad SMARTS) is 1. The summed E-state index contributed by atoms with van der Waals surface area (Å²) in [5, 5.41) is 12.2. The van der Waals surface area contributed by atoms with Gasteiger partial charge in [0.15, 0.2) is 0 Å². The number of rotatable bonds is 6. The van der Waals surface area contributed by atoms with E-state index in [0.717, 1.165) is 47.4 Å². The molecule has 4 rings (SSSR count). The number of nitrogens with one attached hydrogen (secondary N) is 2. The van der Waals surface area contributed by atoms with Gasteiger partial charge in [0.2, 0.25) is 5.91 Å². The van der Waals surface area contributed by atoms with Crippen molar-refractivity contribution in [2.24, 2.45) is 0 Å². The van der Waals surface area contributed by atoms with Crippen molar-refractivity contribution in [2.45, 2.75) is 38.3 Å². The number of aliphatic carboxylic acids is 1. The fourth-order valence-corrected chi connectivity index (χ4v) is 3.82. The largest absolute Gasteiger partial charge is 0.481 e. The van der Waals surface area contributed by atoms with Gasteiger partial charge in [-0.05, 0) is 42.2 Å². The summed E-state index contributed by atoms with van der Waals surface area (Å²) < 4.78 is 0. The number of fused-ring (bicyclic) bond motifs is 2. The number of carbonyl (C=O) groups excluding carboxylic acids is 1. The van der Waals surface area contributed by atoms with Gasteiger partial charge in [-0.2, -0.15) is 0 Å². The Kier molecular flexibility index (Phi) is 5.20. The molecule has 2 heterocycles. The van der Waals surface area contributed by atoms with E-state index < -0.39 is 12.0 Å². The molecule has 3 aromatic rings. The van der Waals surface area contributed by atoms with Gasteiger partial charge in [0.05, 0.1) is 17.5 Å². The number of amides is 1. The van der Waals surface area contributed by atoms with Crippen LogP contribution in [0.1, 0.15) is 29.8 Å². The van der Waals surface area contributed by atoms with Gasteiger partial charge in [-0.25, -0.2) is 4.98 Å². The lowest BCUT2D eigenvalue weighted by Gasteiger charge is -2.19. The second kappa shape index (κ2) is 7.95. The monoisotopic (exact) mass is 392 g/mol. The molecule has 0 fully saturated rings. The van der Waals surface area contributed by atoms with Gasteiger partial charge >= 0.3 is 5.97 Å². The van der Waals surface area contributed by atoms with Gasteiger partial charge in [0.25, 0.3) is 0 Å². The van der Waals surface area contributed by atoms with Crippen LogP contribution in [-0.4, -0.2) is 44.9 Å². The minimum absolute atomic E-state index is 0.199. The van der Waals surface area contributed by atoms with Crippen LogP contribution >= 0.6 is 0 Å². The highest BCUT2D eigenvalue weighted by Crippen LogP contribution is 2.25. The number of carboxylic acids is 1. The zero-order chi connectivity index (χ0) is 20.4. The Bertz CT molecular complexity index is 1030. The van der Waals surface area contributed by atoms with E-state index in [2.05, 4.69) is 21.4 Å². The standard InChI is InChI=1S/C22H24N4O3/c1-26-13-15-11-14(9-10-16(15)23-19(22(26)29)12-21(27)28)5-4-8-20-24-17-6-2-3-7-18(17)25-20/h2-3,6-7,9-11,19,23H,4-5,8,12-13H2,1H3,(H,24,25)(H,27,28). The highest BCUT2D eigenvalue weighted by atomic mass is 16.4. The molecule has 3 N–H and O–H groups in total. The molecule has 0 radical (unpaired) electrons. The van der Waals surface area contributed by atoms with Crippen molar-refractivity contribution in [1.29, 1.82) is 0 Å². The number of H-pyrrole nitrogens is 1. The number of anilines is 1. The van der Waals surface area contributed by atoms with Gasteiger partial charge < -0.3 is 20.3 Å². The number of hydrogen-bond donors (Lipinski definition) is 3. The number of hydrogen-bond acceptors (Lipinski definition) is 4. The Hall–Kier alpha value is -3.35. The number of aryl methyl sites for hydroxylation is 2. The van der Waals surface area contributed by atoms with E-state index in [-0.39, 0.29) is 12.3 Å². The van der Waals surface area contributed by atoms with Crippen molar-refractivity contribution in [1.82, 2.24) is 14.9 Å². The summed E-state index contributed by atoms with van der Waals surface area (Å²) >= 11 is 0. The van der Waals surface area contributed by atoms with E-state index in [0.29, 0.717) is 6.54 Å². The van der Waals surface area contributed by atoms with Crippen molar-refractivity contribution in [2.75, 3.05) is 12.4 Å². The molecule has 1 amide bonds. The lowest BCUT2D eigenvalue weighted by molar-refractivity contribution is -0.141. The smallest absolute Gasteiger partial charge is 0.305 e. The predicted molar refractivity (Wildman–Crippen MR) is 111 cm³/mol. The molecule has 2 aromatic carbocycles. The molecule has 0 saturated heterocycles. The average molecular weight is 392 g/mol. The first-order valence-corrected chi connectivity index (χ1v) is 9.78. The molecule has 0 aliphatic carbocycles. The predicted octanol–water partition coefficient (Wildman–Crippen LogP) is 2.97. The molecular weight excluding hydrogens is 368 g/mol. The highest BCUT2D eigenvalue weighted by Gasteiger charge is 2.28. The van der Waals surface area contributed by atoms with Gasteiger partial charge in [-0.1, -0.05) is 24.3 Å². The second-order valence-corrected chi connectivity index (χ2v) is 7.53. The number of benzene rings is 2. The van der Waals surface area contributed by atoms with Crippen molar-refractivity contribution >= 4 is 28.6 Å². The van der Waals surface area contributed by atoms with E-state index in [1.54, 1.807) is 11.9 Å². The van der Waals surface area contributed by atoms with Crippen LogP contribution in [0.4, 0.5) is 5.69 Å². The van der Waals surface area contributed by atoms with Crippen molar-refractivity contribution < 1.29 is 14.7 Å². The van der Waals surface area contributed by atoms with Crippen molar-refractivity contribution in [3.63, 3.8) is 0 Å². The number of carbonyl (C=O) groups is 2. The maximum absolute atomic E-state index is 12.4. The Labute approximate surface area is 168 Å². The summed E-state index contributed by atoms with van der Waals surface area (Å²) in [6.07, 6.45) is 2.49. The third-order valence-corrected chi connectivity index (χ3v) is 5.28. The molecule has 1 aliphatic heterocycles. The fourth-order valence-electron chi connectivity index (χ4n) is 3.82. The number of nitrogens with zero attached hydrogens (tertiary/aromatic N) is 2. The topological polar surface area (TPSA) is 98.3 Å². The quantitative estimate of drug-likeness (QED) is 0.599. The van der Waals surface area contributed by atoms with E-state index in [9.17, 15) is 9.59 Å². The maximum Gasteiger partial charge on any atom is 0.305 e. The van der Waals surface area contributed by atoms with Crippen LogP contribution in [0.3, 0.4) is 0 Å². The van der Waals surface area contributed by atoms with E-state index in [1.165, 1.54) is 5.56 Å². The van der Waals surface area contributed by atoms with E-state index in [1.807, 2.05) is 36.4 Å². The lowest BCUT2D eigenvalue weighted by Crippen LogP contribution is -2.39. The number of likely N-dealkylation sites (N-methyl/N-ethyl adjacent to an activating group) is 1. The van der Waals surface area contributed by atoms with Crippen molar-refractivity contribution in [3.05, 3.63) is 59.4 Å². The van der Waals surface area contributed by atoms with Gasteiger partial charge in [0.1, 0.15) is 11.9 Å². The molecular formula is C22H24N4O3. The number of aromatic amines is 1. The van der Waals surface area contributed by atoms with Gasteiger partial charge in [0, 0.05) is 25.7 Å². The first kappa shape index (κ1) is 19.0. The Morgan fingerprint density at radius 1 is 1.24 bits per heavy atom. The number of para-hydroxylation sites is 2. The van der Waals surface area contributed by atoms with Gasteiger partial charge in [-0.3, -0.25) is 9.59 Å². The Morgan fingerprint density at radius 2 is 2.07 bits per heavy atom. The normalized spacial score (nSPS) is 16.4. The van der Waals surface area contributed by atoms with Crippen molar-refractivity contribution in [3.8, 4) is 0 Å². The zero-order valence-electron chi connectivity index (χ0n) is 16.3. The molecule has 0 bridgehead atoms. The summed E-state index contributed by atoms with van der Waals surface area (Å²) in [5.41, 5.74) is 5.08. The minimum atomic E-state index is -0.991.